The van der Waals surface area contributed by atoms with E-state index in [1.54, 1.807) is 13.1 Å². The van der Waals surface area contributed by atoms with Crippen molar-refractivity contribution in [2.75, 3.05) is 13.2 Å². The molecule has 0 atom stereocenters. The molecule has 0 spiro atoms. The van der Waals surface area contributed by atoms with Gasteiger partial charge < -0.3 is 19.5 Å². The van der Waals surface area contributed by atoms with Crippen molar-refractivity contribution in [3.05, 3.63) is 35.4 Å². The van der Waals surface area contributed by atoms with E-state index >= 15 is 0 Å². The first kappa shape index (κ1) is 16.8. The molecule has 1 aliphatic rings. The van der Waals surface area contributed by atoms with Gasteiger partial charge in [0, 0.05) is 5.69 Å². The smallest absolute Gasteiger partial charge is 0.195 e. The fourth-order valence-electron chi connectivity index (χ4n) is 3.40. The number of imidazole rings is 1. The van der Waals surface area contributed by atoms with E-state index in [-0.39, 0.29) is 11.1 Å². The Balaban J connectivity index is 2.05. The summed E-state index contributed by atoms with van der Waals surface area (Å²) in [6.45, 7) is 6.58. The highest BCUT2D eigenvalue weighted by atomic mass is 19.1. The fourth-order valence-corrected chi connectivity index (χ4v) is 3.40. The van der Waals surface area contributed by atoms with Gasteiger partial charge in [-0.3, -0.25) is 4.98 Å². The third-order valence-corrected chi connectivity index (χ3v) is 4.97. The van der Waals surface area contributed by atoms with E-state index in [0.717, 1.165) is 17.6 Å². The third-order valence-electron chi connectivity index (χ3n) is 4.97. The SMILES string of the molecule is CCc1cc2nc(-c3cc(C)c(O)c(O)c3F)n(C3(C)COC3)c2cn1. The zero-order valence-corrected chi connectivity index (χ0v) is 14.9. The van der Waals surface area contributed by atoms with Crippen LogP contribution in [0.1, 0.15) is 25.1 Å². The number of benzene rings is 1. The summed E-state index contributed by atoms with van der Waals surface area (Å²) >= 11 is 0. The number of aromatic nitrogens is 3. The van der Waals surface area contributed by atoms with E-state index in [4.69, 9.17) is 4.74 Å². The van der Waals surface area contributed by atoms with Gasteiger partial charge in [0.05, 0.1) is 41.5 Å². The summed E-state index contributed by atoms with van der Waals surface area (Å²) in [7, 11) is 0. The minimum Gasteiger partial charge on any atom is -0.504 e. The molecule has 0 amide bonds. The first-order valence-electron chi connectivity index (χ1n) is 8.52. The molecule has 0 radical (unpaired) electrons. The number of halogens is 1. The number of nitrogens with zero attached hydrogens (tertiary/aromatic N) is 3. The molecule has 3 heterocycles. The Kier molecular flexibility index (Phi) is 3.66. The van der Waals surface area contributed by atoms with Gasteiger partial charge in [-0.25, -0.2) is 9.37 Å². The van der Waals surface area contributed by atoms with E-state index in [2.05, 4.69) is 9.97 Å². The van der Waals surface area contributed by atoms with Crippen LogP contribution in [0, 0.1) is 12.7 Å². The van der Waals surface area contributed by atoms with Gasteiger partial charge in [0.2, 0.25) is 0 Å². The Hall–Kier alpha value is -2.67. The molecule has 0 aliphatic carbocycles. The van der Waals surface area contributed by atoms with Crippen molar-refractivity contribution in [1.29, 1.82) is 0 Å². The largest absolute Gasteiger partial charge is 0.504 e. The molecule has 1 aliphatic heterocycles. The lowest BCUT2D eigenvalue weighted by Crippen LogP contribution is -2.49. The second-order valence-corrected chi connectivity index (χ2v) is 7.03. The fraction of sp³-hybridized carbons (Fsp3) is 0.368. The van der Waals surface area contributed by atoms with E-state index in [1.807, 2.05) is 24.5 Å². The predicted molar refractivity (Wildman–Crippen MR) is 94.8 cm³/mol. The summed E-state index contributed by atoms with van der Waals surface area (Å²) in [6.07, 6.45) is 2.52. The molecule has 136 valence electrons. The predicted octanol–water partition coefficient (Wildman–Crippen LogP) is 3.26. The summed E-state index contributed by atoms with van der Waals surface area (Å²) in [4.78, 5) is 9.10. The molecule has 1 aromatic carbocycles. The van der Waals surface area contributed by atoms with Crippen LogP contribution in [0.5, 0.6) is 11.5 Å². The van der Waals surface area contributed by atoms with Crippen LogP contribution < -0.4 is 0 Å². The Labute approximate surface area is 149 Å². The van der Waals surface area contributed by atoms with E-state index in [1.165, 1.54) is 6.07 Å². The quantitative estimate of drug-likeness (QED) is 0.703. The van der Waals surface area contributed by atoms with E-state index in [0.29, 0.717) is 30.1 Å². The maximum absolute atomic E-state index is 14.8. The van der Waals surface area contributed by atoms with Crippen molar-refractivity contribution >= 4 is 11.0 Å². The van der Waals surface area contributed by atoms with Crippen LogP contribution in [0.15, 0.2) is 18.3 Å². The van der Waals surface area contributed by atoms with Crippen LogP contribution in [-0.4, -0.2) is 38.0 Å². The molecule has 1 saturated heterocycles. The zero-order chi connectivity index (χ0) is 18.6. The number of hydrogen-bond donors (Lipinski definition) is 2. The number of hydrogen-bond acceptors (Lipinski definition) is 5. The molecule has 0 saturated carbocycles. The number of fused-ring (bicyclic) bond motifs is 1. The lowest BCUT2D eigenvalue weighted by molar-refractivity contribution is -0.0868. The van der Waals surface area contributed by atoms with Crippen molar-refractivity contribution in [3.8, 4) is 22.9 Å². The molecule has 1 fully saturated rings. The van der Waals surface area contributed by atoms with Gasteiger partial charge in [0.15, 0.2) is 17.3 Å². The molecular weight excluding hydrogens is 337 g/mol. The lowest BCUT2D eigenvalue weighted by Gasteiger charge is -2.40. The molecule has 2 aromatic heterocycles. The van der Waals surface area contributed by atoms with Crippen molar-refractivity contribution < 1.29 is 19.3 Å². The molecule has 7 heteroatoms. The van der Waals surface area contributed by atoms with Crippen LogP contribution in [0.2, 0.25) is 0 Å². The number of aromatic hydroxyl groups is 2. The Bertz CT molecular complexity index is 1020. The summed E-state index contributed by atoms with van der Waals surface area (Å²) < 4.78 is 22.1. The van der Waals surface area contributed by atoms with Gasteiger partial charge >= 0.3 is 0 Å². The molecule has 0 bridgehead atoms. The minimum absolute atomic E-state index is 0.139. The number of phenolic OH excluding ortho intramolecular Hbond substituents is 2. The third kappa shape index (κ3) is 2.27. The maximum Gasteiger partial charge on any atom is 0.195 e. The van der Waals surface area contributed by atoms with Crippen molar-refractivity contribution in [2.45, 2.75) is 32.7 Å². The molecule has 2 N–H and O–H groups in total. The second kappa shape index (κ2) is 5.67. The van der Waals surface area contributed by atoms with Crippen LogP contribution in [0.3, 0.4) is 0 Å². The van der Waals surface area contributed by atoms with Crippen molar-refractivity contribution in [3.63, 3.8) is 0 Å². The van der Waals surface area contributed by atoms with Crippen LogP contribution in [0.4, 0.5) is 4.39 Å². The molecule has 26 heavy (non-hydrogen) atoms. The minimum atomic E-state index is -0.892. The van der Waals surface area contributed by atoms with Gasteiger partial charge in [-0.2, -0.15) is 0 Å². The number of ether oxygens (including phenoxy) is 1. The van der Waals surface area contributed by atoms with Gasteiger partial charge in [-0.05, 0) is 38.0 Å². The van der Waals surface area contributed by atoms with Gasteiger partial charge in [0.25, 0.3) is 0 Å². The van der Waals surface area contributed by atoms with Gasteiger partial charge in [0.1, 0.15) is 5.82 Å². The van der Waals surface area contributed by atoms with E-state index in [9.17, 15) is 14.6 Å². The maximum atomic E-state index is 14.8. The summed E-state index contributed by atoms with van der Waals surface area (Å²) in [5.41, 5.74) is 2.53. The molecular formula is C19H20FN3O3. The molecule has 3 aromatic rings. The topological polar surface area (TPSA) is 80.4 Å². The molecule has 4 rings (SSSR count). The standard InChI is InChI=1S/C19H20FN3O3/c1-4-11-6-13-14(7-21-11)23(19(3)8-26-9-19)18(22-13)12-5-10(2)16(24)17(25)15(12)20/h5-7,24-25H,4,8-9H2,1-3H3. The average Bonchev–Trinajstić information content (AvgIpc) is 2.99. The summed E-state index contributed by atoms with van der Waals surface area (Å²) in [6, 6.07) is 3.39. The highest BCUT2D eigenvalue weighted by Gasteiger charge is 2.39. The van der Waals surface area contributed by atoms with Gasteiger partial charge in [-0.15, -0.1) is 0 Å². The number of rotatable bonds is 3. The van der Waals surface area contributed by atoms with Crippen LogP contribution >= 0.6 is 0 Å². The summed E-state index contributed by atoms with van der Waals surface area (Å²) in [5.74, 6) is -1.73. The number of phenols is 2. The van der Waals surface area contributed by atoms with Crippen molar-refractivity contribution in [2.24, 2.45) is 0 Å². The molecule has 6 nitrogen and oxygen atoms in total. The Morgan fingerprint density at radius 3 is 2.62 bits per heavy atom. The second-order valence-electron chi connectivity index (χ2n) is 7.03. The van der Waals surface area contributed by atoms with Gasteiger partial charge in [-0.1, -0.05) is 6.92 Å². The first-order chi connectivity index (χ1) is 12.4. The number of aryl methyl sites for hydroxylation is 2. The Morgan fingerprint density at radius 1 is 1.27 bits per heavy atom. The van der Waals surface area contributed by atoms with E-state index < -0.39 is 17.3 Å². The van der Waals surface area contributed by atoms with Crippen LogP contribution in [0.25, 0.3) is 22.4 Å². The molecule has 0 unspecified atom stereocenters. The van der Waals surface area contributed by atoms with Crippen molar-refractivity contribution in [1.82, 2.24) is 14.5 Å². The first-order valence-corrected chi connectivity index (χ1v) is 8.52. The zero-order valence-electron chi connectivity index (χ0n) is 14.9. The highest BCUT2D eigenvalue weighted by molar-refractivity contribution is 5.82. The highest BCUT2D eigenvalue weighted by Crippen LogP contribution is 2.41. The van der Waals surface area contributed by atoms with Crippen LogP contribution in [-0.2, 0) is 16.7 Å². The summed E-state index contributed by atoms with van der Waals surface area (Å²) in [5, 5.41) is 19.8. The normalized spacial score (nSPS) is 16.0. The average molecular weight is 357 g/mol. The number of pyridine rings is 1. The monoisotopic (exact) mass is 357 g/mol. The Morgan fingerprint density at radius 2 is 2.00 bits per heavy atom. The lowest BCUT2D eigenvalue weighted by atomic mass is 9.98.